The second-order valence-electron chi connectivity index (χ2n) is 4.75. The molecule has 23 heavy (non-hydrogen) atoms. The first-order valence-corrected chi connectivity index (χ1v) is 7.03. The van der Waals surface area contributed by atoms with Crippen LogP contribution in [0.4, 0.5) is 11.4 Å². The summed E-state index contributed by atoms with van der Waals surface area (Å²) in [6, 6.07) is 12.0. The molecule has 6 nitrogen and oxygen atoms in total. The number of non-ortho nitro benzene ring substituents is 1. The van der Waals surface area contributed by atoms with Crippen molar-refractivity contribution in [1.82, 2.24) is 0 Å². The van der Waals surface area contributed by atoms with Crippen molar-refractivity contribution in [3.05, 3.63) is 70.8 Å². The molecule has 0 atom stereocenters. The predicted molar refractivity (Wildman–Crippen MR) is 89.1 cm³/mol. The number of methoxy groups -OCH3 is 1. The fourth-order valence-corrected chi connectivity index (χ4v) is 2.02. The largest absolute Gasteiger partial charge is 0.493 e. The molecular formula is C17H18N2O4. The zero-order chi connectivity index (χ0) is 16.7. The summed E-state index contributed by atoms with van der Waals surface area (Å²) in [7, 11) is 1.58. The molecule has 2 rings (SSSR count). The number of hydrogen-bond acceptors (Lipinski definition) is 5. The summed E-state index contributed by atoms with van der Waals surface area (Å²) in [6.07, 6.45) is 1.66. The van der Waals surface area contributed by atoms with Gasteiger partial charge in [0.05, 0.1) is 12.0 Å². The molecule has 0 aromatic heterocycles. The monoisotopic (exact) mass is 314 g/mol. The third-order valence-electron chi connectivity index (χ3n) is 3.14. The van der Waals surface area contributed by atoms with E-state index in [1.165, 1.54) is 12.1 Å². The Bertz CT molecular complexity index is 701. The summed E-state index contributed by atoms with van der Waals surface area (Å²) in [6.45, 7) is 4.53. The van der Waals surface area contributed by atoms with Gasteiger partial charge >= 0.3 is 0 Å². The van der Waals surface area contributed by atoms with Crippen LogP contribution in [0.15, 0.2) is 55.1 Å². The van der Waals surface area contributed by atoms with E-state index in [1.54, 1.807) is 25.3 Å². The highest BCUT2D eigenvalue weighted by Gasteiger charge is 2.07. The Labute approximate surface area is 134 Å². The lowest BCUT2D eigenvalue weighted by Crippen LogP contribution is -2.02. The maximum Gasteiger partial charge on any atom is 0.271 e. The minimum absolute atomic E-state index is 0.0563. The number of nitrogens with one attached hydrogen (secondary N) is 1. The molecule has 2 aromatic carbocycles. The lowest BCUT2D eigenvalue weighted by atomic mass is 10.2. The lowest BCUT2D eigenvalue weighted by molar-refractivity contribution is -0.384. The predicted octanol–water partition coefficient (Wildman–Crippen LogP) is 3.78. The van der Waals surface area contributed by atoms with Gasteiger partial charge in [-0.3, -0.25) is 10.1 Å². The van der Waals surface area contributed by atoms with Gasteiger partial charge in [-0.05, 0) is 23.8 Å². The Hall–Kier alpha value is -3.02. The molecule has 0 aliphatic heterocycles. The third-order valence-corrected chi connectivity index (χ3v) is 3.14. The van der Waals surface area contributed by atoms with Crippen molar-refractivity contribution in [3.8, 4) is 11.5 Å². The van der Waals surface area contributed by atoms with Gasteiger partial charge < -0.3 is 14.8 Å². The average Bonchev–Trinajstić information content (AvgIpc) is 2.58. The minimum Gasteiger partial charge on any atom is -0.493 e. The van der Waals surface area contributed by atoms with Crippen LogP contribution in [0.3, 0.4) is 0 Å². The number of nitrogens with zero attached hydrogens (tertiary/aromatic N) is 1. The number of nitro groups is 1. The second-order valence-corrected chi connectivity index (χ2v) is 4.75. The van der Waals surface area contributed by atoms with Crippen LogP contribution in [-0.2, 0) is 6.54 Å². The standard InChI is InChI=1S/C17H18N2O4/c1-3-9-23-16-8-7-13(10-17(16)22-2)12-18-14-5-4-6-15(11-14)19(20)21/h3-8,10-11,18H,1,9,12H2,2H3. The molecule has 1 N–H and O–H groups in total. The SMILES string of the molecule is C=CCOc1ccc(CNc2cccc([N+](=O)[O-])c2)cc1OC. The highest BCUT2D eigenvalue weighted by Crippen LogP contribution is 2.28. The molecule has 0 aliphatic carbocycles. The summed E-state index contributed by atoms with van der Waals surface area (Å²) >= 11 is 0. The topological polar surface area (TPSA) is 73.6 Å². The molecule has 0 aliphatic rings. The molecule has 0 heterocycles. The smallest absolute Gasteiger partial charge is 0.271 e. The Morgan fingerprint density at radius 2 is 2.09 bits per heavy atom. The van der Waals surface area contributed by atoms with Crippen molar-refractivity contribution >= 4 is 11.4 Å². The quantitative estimate of drug-likeness (QED) is 0.456. The van der Waals surface area contributed by atoms with Crippen molar-refractivity contribution in [2.75, 3.05) is 19.0 Å². The molecule has 2 aromatic rings. The van der Waals surface area contributed by atoms with E-state index in [2.05, 4.69) is 11.9 Å². The molecular weight excluding hydrogens is 296 g/mol. The lowest BCUT2D eigenvalue weighted by Gasteiger charge is -2.12. The second kappa shape index (κ2) is 7.84. The van der Waals surface area contributed by atoms with Crippen molar-refractivity contribution in [2.24, 2.45) is 0 Å². The summed E-state index contributed by atoms with van der Waals surface area (Å²) in [5.74, 6) is 1.27. The average molecular weight is 314 g/mol. The molecule has 0 saturated heterocycles. The molecule has 0 fully saturated rings. The zero-order valence-electron chi connectivity index (χ0n) is 12.8. The molecule has 0 saturated carbocycles. The third kappa shape index (κ3) is 4.47. The van der Waals surface area contributed by atoms with Crippen molar-refractivity contribution in [3.63, 3.8) is 0 Å². The normalized spacial score (nSPS) is 9.96. The van der Waals surface area contributed by atoms with E-state index in [0.717, 1.165) is 5.56 Å². The number of anilines is 1. The van der Waals surface area contributed by atoms with Crippen LogP contribution in [0.1, 0.15) is 5.56 Å². The van der Waals surface area contributed by atoms with E-state index >= 15 is 0 Å². The van der Waals surface area contributed by atoms with E-state index in [1.807, 2.05) is 18.2 Å². The van der Waals surface area contributed by atoms with Gasteiger partial charge in [-0.15, -0.1) is 0 Å². The fourth-order valence-electron chi connectivity index (χ4n) is 2.02. The van der Waals surface area contributed by atoms with Crippen molar-refractivity contribution in [1.29, 1.82) is 0 Å². The minimum atomic E-state index is -0.417. The van der Waals surface area contributed by atoms with E-state index in [9.17, 15) is 10.1 Å². The molecule has 0 radical (unpaired) electrons. The van der Waals surface area contributed by atoms with E-state index in [-0.39, 0.29) is 5.69 Å². The van der Waals surface area contributed by atoms with E-state index in [4.69, 9.17) is 9.47 Å². The first kappa shape index (κ1) is 16.4. The Kier molecular flexibility index (Phi) is 5.57. The maximum absolute atomic E-state index is 10.8. The first-order valence-electron chi connectivity index (χ1n) is 7.03. The first-order chi connectivity index (χ1) is 11.1. The molecule has 0 spiro atoms. The fraction of sp³-hybridized carbons (Fsp3) is 0.176. The van der Waals surface area contributed by atoms with E-state index < -0.39 is 4.92 Å². The molecule has 6 heteroatoms. The van der Waals surface area contributed by atoms with Gasteiger partial charge in [0.2, 0.25) is 0 Å². The molecule has 0 bridgehead atoms. The number of benzene rings is 2. The van der Waals surface area contributed by atoms with Crippen LogP contribution in [0.2, 0.25) is 0 Å². The summed E-state index contributed by atoms with van der Waals surface area (Å²) < 4.78 is 10.8. The number of hydrogen-bond donors (Lipinski definition) is 1. The molecule has 0 amide bonds. The summed E-state index contributed by atoms with van der Waals surface area (Å²) in [5, 5.41) is 13.9. The van der Waals surface area contributed by atoms with Gasteiger partial charge in [-0.2, -0.15) is 0 Å². The van der Waals surface area contributed by atoms with Gasteiger partial charge in [0.1, 0.15) is 6.61 Å². The van der Waals surface area contributed by atoms with Crippen LogP contribution in [0.25, 0.3) is 0 Å². The number of nitro benzene ring substituents is 1. The zero-order valence-corrected chi connectivity index (χ0v) is 12.8. The van der Waals surface area contributed by atoms with E-state index in [0.29, 0.717) is 30.3 Å². The highest BCUT2D eigenvalue weighted by molar-refractivity contribution is 5.52. The summed E-state index contributed by atoms with van der Waals surface area (Å²) in [4.78, 5) is 10.4. The van der Waals surface area contributed by atoms with Crippen molar-refractivity contribution in [2.45, 2.75) is 6.54 Å². The Morgan fingerprint density at radius 1 is 1.26 bits per heavy atom. The molecule has 120 valence electrons. The Balaban J connectivity index is 2.07. The Morgan fingerprint density at radius 3 is 2.78 bits per heavy atom. The number of rotatable bonds is 8. The van der Waals surface area contributed by atoms with Crippen LogP contribution < -0.4 is 14.8 Å². The van der Waals surface area contributed by atoms with Gasteiger partial charge in [-0.1, -0.05) is 24.8 Å². The van der Waals surface area contributed by atoms with Crippen LogP contribution in [0.5, 0.6) is 11.5 Å². The highest BCUT2D eigenvalue weighted by atomic mass is 16.6. The van der Waals surface area contributed by atoms with Gasteiger partial charge in [0.15, 0.2) is 11.5 Å². The number of ether oxygens (including phenoxy) is 2. The maximum atomic E-state index is 10.8. The van der Waals surface area contributed by atoms with Crippen LogP contribution in [0, 0.1) is 10.1 Å². The summed E-state index contributed by atoms with van der Waals surface area (Å²) in [5.41, 5.74) is 1.71. The van der Waals surface area contributed by atoms with Crippen LogP contribution >= 0.6 is 0 Å². The van der Waals surface area contributed by atoms with Gasteiger partial charge in [0.25, 0.3) is 5.69 Å². The van der Waals surface area contributed by atoms with Gasteiger partial charge in [-0.25, -0.2) is 0 Å². The van der Waals surface area contributed by atoms with Crippen LogP contribution in [-0.4, -0.2) is 18.6 Å². The molecule has 0 unspecified atom stereocenters. The van der Waals surface area contributed by atoms with Crippen molar-refractivity contribution < 1.29 is 14.4 Å². The van der Waals surface area contributed by atoms with Gasteiger partial charge in [0, 0.05) is 24.4 Å².